The second-order valence-corrected chi connectivity index (χ2v) is 6.37. The van der Waals surface area contributed by atoms with E-state index in [0.29, 0.717) is 5.56 Å². The lowest BCUT2D eigenvalue weighted by atomic mass is 10.0. The van der Waals surface area contributed by atoms with Crippen molar-refractivity contribution in [1.29, 1.82) is 0 Å². The van der Waals surface area contributed by atoms with Gasteiger partial charge in [0, 0.05) is 12.2 Å². The molecule has 7 N–H and O–H groups in total. The van der Waals surface area contributed by atoms with Crippen LogP contribution in [-0.4, -0.2) is 64.3 Å². The zero-order valence-electron chi connectivity index (χ0n) is 15.2. The summed E-state index contributed by atoms with van der Waals surface area (Å²) in [5.41, 5.74) is 5.81. The van der Waals surface area contributed by atoms with Crippen molar-refractivity contribution in [1.82, 2.24) is 16.0 Å². The summed E-state index contributed by atoms with van der Waals surface area (Å²) in [6.45, 7) is 1.13. The number of hydrogen-bond acceptors (Lipinski definition) is 7. The topological polar surface area (TPSA) is 171 Å². The number of amides is 3. The van der Waals surface area contributed by atoms with Crippen molar-refractivity contribution in [3.05, 3.63) is 29.8 Å². The number of phenolic OH excluding ortho intramolecular Hbond substituents is 1. The number of aromatic hydroxyl groups is 1. The average molecular weight is 412 g/mol. The fourth-order valence-corrected chi connectivity index (χ4v) is 2.44. The zero-order chi connectivity index (χ0) is 21.3. The normalized spacial score (nSPS) is 13.7. The molecule has 10 nitrogen and oxygen atoms in total. The maximum absolute atomic E-state index is 12.5. The first-order chi connectivity index (χ1) is 13.2. The summed E-state index contributed by atoms with van der Waals surface area (Å²) in [7, 11) is 0. The van der Waals surface area contributed by atoms with Crippen molar-refractivity contribution in [2.75, 3.05) is 12.3 Å². The van der Waals surface area contributed by atoms with Crippen LogP contribution < -0.4 is 21.7 Å². The van der Waals surface area contributed by atoms with Gasteiger partial charge in [-0.2, -0.15) is 12.6 Å². The molecule has 0 radical (unpaired) electrons. The number of carbonyl (C=O) groups excluding carboxylic acids is 3. The number of nitrogens with two attached hydrogens (primary N) is 1. The van der Waals surface area contributed by atoms with Gasteiger partial charge in [-0.15, -0.1) is 0 Å². The molecule has 3 amide bonds. The molecule has 0 fully saturated rings. The van der Waals surface area contributed by atoms with Crippen LogP contribution in [0.1, 0.15) is 12.5 Å². The van der Waals surface area contributed by atoms with Gasteiger partial charge in [0.05, 0.1) is 6.54 Å². The number of thiol groups is 1. The zero-order valence-corrected chi connectivity index (χ0v) is 16.1. The number of aliphatic carboxylic acids is 1. The van der Waals surface area contributed by atoms with Crippen LogP contribution in [0.3, 0.4) is 0 Å². The van der Waals surface area contributed by atoms with E-state index in [1.54, 1.807) is 12.1 Å². The molecule has 1 rings (SSSR count). The standard InChI is InChI=1S/C17H24N4O6S/c1-9(19-14(23)7-18)15(24)20-12(6-10-2-4-11(22)5-3-10)16(25)21-13(8-28)17(26)27/h2-5,9,12-13,22,28H,6-8,18H2,1H3,(H,19,23)(H,20,24)(H,21,25)(H,26,27). The molecule has 1 aromatic rings. The van der Waals surface area contributed by atoms with Crippen LogP contribution in [0.4, 0.5) is 0 Å². The summed E-state index contributed by atoms with van der Waals surface area (Å²) < 4.78 is 0. The Bertz CT molecular complexity index is 712. The Labute approximate surface area is 167 Å². The van der Waals surface area contributed by atoms with Gasteiger partial charge in [0.1, 0.15) is 23.9 Å². The number of carboxylic acids is 1. The smallest absolute Gasteiger partial charge is 0.327 e. The van der Waals surface area contributed by atoms with E-state index in [2.05, 4.69) is 28.6 Å². The van der Waals surface area contributed by atoms with Gasteiger partial charge >= 0.3 is 5.97 Å². The quantitative estimate of drug-likeness (QED) is 0.226. The number of rotatable bonds is 10. The molecule has 0 aromatic heterocycles. The van der Waals surface area contributed by atoms with Crippen molar-refractivity contribution in [3.63, 3.8) is 0 Å². The van der Waals surface area contributed by atoms with E-state index in [9.17, 15) is 24.3 Å². The lowest BCUT2D eigenvalue weighted by molar-refractivity contribution is -0.141. The van der Waals surface area contributed by atoms with Crippen LogP contribution in [0.5, 0.6) is 5.75 Å². The molecule has 1 aromatic carbocycles. The number of nitrogens with one attached hydrogen (secondary N) is 3. The summed E-state index contributed by atoms with van der Waals surface area (Å²) in [4.78, 5) is 47.3. The maximum atomic E-state index is 12.5. The minimum atomic E-state index is -1.26. The molecule has 0 spiro atoms. The third kappa shape index (κ3) is 7.45. The van der Waals surface area contributed by atoms with E-state index in [4.69, 9.17) is 10.8 Å². The SMILES string of the molecule is CC(NC(=O)CN)C(=O)NC(Cc1ccc(O)cc1)C(=O)NC(CS)C(=O)O. The summed E-state index contributed by atoms with van der Waals surface area (Å²) in [6.07, 6.45) is 0.0360. The molecule has 0 saturated carbocycles. The van der Waals surface area contributed by atoms with Crippen LogP contribution in [0.2, 0.25) is 0 Å². The summed E-state index contributed by atoms with van der Waals surface area (Å²) >= 11 is 3.89. The van der Waals surface area contributed by atoms with Crippen molar-refractivity contribution >= 4 is 36.3 Å². The summed E-state index contributed by atoms with van der Waals surface area (Å²) in [5, 5.41) is 25.6. The van der Waals surface area contributed by atoms with Gasteiger partial charge < -0.3 is 31.9 Å². The Morgan fingerprint density at radius 2 is 1.61 bits per heavy atom. The minimum Gasteiger partial charge on any atom is -0.508 e. The lowest BCUT2D eigenvalue weighted by Gasteiger charge is -2.23. The van der Waals surface area contributed by atoms with E-state index in [-0.39, 0.29) is 24.5 Å². The van der Waals surface area contributed by atoms with Crippen molar-refractivity contribution in [2.45, 2.75) is 31.5 Å². The number of hydrogen-bond donors (Lipinski definition) is 7. The van der Waals surface area contributed by atoms with Crippen molar-refractivity contribution in [2.24, 2.45) is 5.73 Å². The van der Waals surface area contributed by atoms with Gasteiger partial charge in [0.25, 0.3) is 0 Å². The van der Waals surface area contributed by atoms with E-state index in [1.807, 2.05) is 0 Å². The molecular weight excluding hydrogens is 388 g/mol. The molecule has 3 atom stereocenters. The monoisotopic (exact) mass is 412 g/mol. The first-order valence-corrected chi connectivity index (χ1v) is 9.03. The van der Waals surface area contributed by atoms with Gasteiger partial charge in [0.2, 0.25) is 17.7 Å². The third-order valence-electron chi connectivity index (χ3n) is 3.76. The molecule has 0 aliphatic rings. The second kappa shape index (κ2) is 11.1. The van der Waals surface area contributed by atoms with Crippen LogP contribution in [0.15, 0.2) is 24.3 Å². The van der Waals surface area contributed by atoms with E-state index >= 15 is 0 Å². The van der Waals surface area contributed by atoms with Crippen LogP contribution >= 0.6 is 12.6 Å². The Hall–Kier alpha value is -2.79. The van der Waals surface area contributed by atoms with E-state index in [0.717, 1.165) is 0 Å². The highest BCUT2D eigenvalue weighted by molar-refractivity contribution is 7.80. The van der Waals surface area contributed by atoms with Gasteiger partial charge in [-0.3, -0.25) is 14.4 Å². The molecule has 154 valence electrons. The maximum Gasteiger partial charge on any atom is 0.327 e. The molecule has 0 aliphatic carbocycles. The third-order valence-corrected chi connectivity index (χ3v) is 4.13. The lowest BCUT2D eigenvalue weighted by Crippen LogP contribution is -2.56. The Balaban J connectivity index is 2.94. The Morgan fingerprint density at radius 1 is 1.04 bits per heavy atom. The average Bonchev–Trinajstić information content (AvgIpc) is 2.66. The van der Waals surface area contributed by atoms with Crippen LogP contribution in [-0.2, 0) is 25.6 Å². The highest BCUT2D eigenvalue weighted by Gasteiger charge is 2.27. The predicted molar refractivity (Wildman–Crippen MR) is 104 cm³/mol. The van der Waals surface area contributed by atoms with Gasteiger partial charge in [-0.1, -0.05) is 12.1 Å². The predicted octanol–water partition coefficient (Wildman–Crippen LogP) is -1.62. The first kappa shape index (κ1) is 23.2. The number of carbonyl (C=O) groups is 4. The molecule has 0 aliphatic heterocycles. The largest absolute Gasteiger partial charge is 0.508 e. The van der Waals surface area contributed by atoms with Crippen molar-refractivity contribution < 1.29 is 29.4 Å². The molecular formula is C17H24N4O6S. The van der Waals surface area contributed by atoms with Crippen molar-refractivity contribution in [3.8, 4) is 5.75 Å². The first-order valence-electron chi connectivity index (χ1n) is 8.39. The van der Waals surface area contributed by atoms with Crippen LogP contribution in [0, 0.1) is 0 Å². The van der Waals surface area contributed by atoms with Gasteiger partial charge in [0.15, 0.2) is 0 Å². The number of carboxylic acid groups (broad SMARTS) is 1. The Morgan fingerprint density at radius 3 is 2.11 bits per heavy atom. The second-order valence-electron chi connectivity index (χ2n) is 6.01. The van der Waals surface area contributed by atoms with Crippen LogP contribution in [0.25, 0.3) is 0 Å². The minimum absolute atomic E-state index is 0.0351. The number of benzene rings is 1. The van der Waals surface area contributed by atoms with Gasteiger partial charge in [-0.05, 0) is 24.6 Å². The highest BCUT2D eigenvalue weighted by Crippen LogP contribution is 2.12. The molecule has 3 unspecified atom stereocenters. The fourth-order valence-electron chi connectivity index (χ4n) is 2.20. The fraction of sp³-hybridized carbons (Fsp3) is 0.412. The van der Waals surface area contributed by atoms with E-state index in [1.165, 1.54) is 19.1 Å². The molecule has 0 saturated heterocycles. The molecule has 28 heavy (non-hydrogen) atoms. The van der Waals surface area contributed by atoms with Gasteiger partial charge in [-0.25, -0.2) is 4.79 Å². The molecule has 11 heteroatoms. The molecule has 0 heterocycles. The highest BCUT2D eigenvalue weighted by atomic mass is 32.1. The number of phenols is 1. The Kier molecular flexibility index (Phi) is 9.25. The van der Waals surface area contributed by atoms with E-state index < -0.39 is 41.8 Å². The summed E-state index contributed by atoms with van der Waals surface area (Å²) in [6, 6.07) is 2.67. The molecule has 0 bridgehead atoms. The summed E-state index contributed by atoms with van der Waals surface area (Å²) in [5.74, 6) is -3.26.